The molecule has 12 nitrogen and oxygen atoms in total. The van der Waals surface area contributed by atoms with Crippen LogP contribution in [0.3, 0.4) is 0 Å². The first-order valence-electron chi connectivity index (χ1n) is 18.6. The summed E-state index contributed by atoms with van der Waals surface area (Å²) in [6.45, 7) is 4.81. The summed E-state index contributed by atoms with van der Waals surface area (Å²) < 4.78 is 3.41. The normalized spacial score (nSPS) is 15.3. The van der Waals surface area contributed by atoms with Gasteiger partial charge in [0.15, 0.2) is 0 Å². The van der Waals surface area contributed by atoms with Crippen molar-refractivity contribution in [2.24, 2.45) is 14.1 Å². The first-order chi connectivity index (χ1) is 27.0. The van der Waals surface area contributed by atoms with E-state index < -0.39 is 11.9 Å². The van der Waals surface area contributed by atoms with E-state index in [1.54, 1.807) is 40.6 Å². The standard InChI is InChI=1S/C44H39N7O5/c1-25(2)32-19-29(21-38-40(32)50(4)44(56)49(38)3)30-12-8-11-27-20-36(47-23-33(27)30)28-14-15-35(46-22-28)41(53)45-18-6-5-9-26-10-7-13-31-34(26)24-51(43(31)55)37-16-17-39(52)48-42(37)54/h7-8,10-15,19-23,25,37H,6,16-18,24H2,1-4H3,(H,45,53)(H,48,52,54). The fraction of sp³-hybridized carbons (Fsp3) is 0.250. The van der Waals surface area contributed by atoms with Gasteiger partial charge >= 0.3 is 5.69 Å². The average molecular weight is 746 g/mol. The molecular weight excluding hydrogens is 707 g/mol. The molecule has 1 saturated heterocycles. The quantitative estimate of drug-likeness (QED) is 0.130. The molecule has 1 unspecified atom stereocenters. The van der Waals surface area contributed by atoms with Crippen LogP contribution in [0.1, 0.15) is 76.6 Å². The second-order valence-electron chi connectivity index (χ2n) is 14.6. The Bertz CT molecular complexity index is 2750. The highest BCUT2D eigenvalue weighted by atomic mass is 16.2. The van der Waals surface area contributed by atoms with Crippen molar-refractivity contribution in [2.75, 3.05) is 6.54 Å². The monoisotopic (exact) mass is 745 g/mol. The number of amides is 4. The van der Waals surface area contributed by atoms with Gasteiger partial charge < -0.3 is 10.2 Å². The van der Waals surface area contributed by atoms with Crippen LogP contribution in [-0.4, -0.2) is 60.2 Å². The molecule has 0 radical (unpaired) electrons. The Balaban J connectivity index is 0.927. The number of fused-ring (bicyclic) bond motifs is 3. The van der Waals surface area contributed by atoms with Crippen molar-refractivity contribution in [3.8, 4) is 34.2 Å². The van der Waals surface area contributed by atoms with Crippen molar-refractivity contribution < 1.29 is 19.2 Å². The number of imide groups is 1. The first-order valence-corrected chi connectivity index (χ1v) is 18.6. The van der Waals surface area contributed by atoms with Crippen LogP contribution in [0, 0.1) is 11.8 Å². The number of aryl methyl sites for hydroxylation is 2. The van der Waals surface area contributed by atoms with Crippen molar-refractivity contribution in [2.45, 2.75) is 51.6 Å². The van der Waals surface area contributed by atoms with E-state index >= 15 is 0 Å². The number of imidazole rings is 1. The van der Waals surface area contributed by atoms with E-state index in [9.17, 15) is 24.0 Å². The SMILES string of the molecule is CC(C)c1cc(-c2cccc3cc(-c4ccc(C(=O)NCCC#Cc5cccc6c5CN(C5CCC(=O)NC5=O)C6=O)nc4)ncc23)cc2c1n(C)c(=O)n2C. The van der Waals surface area contributed by atoms with Gasteiger partial charge in [-0.15, -0.1) is 0 Å². The molecule has 4 amide bonds. The predicted octanol–water partition coefficient (Wildman–Crippen LogP) is 5.21. The van der Waals surface area contributed by atoms with Gasteiger partial charge in [-0.2, -0.15) is 0 Å². The molecule has 1 atom stereocenters. The fourth-order valence-corrected chi connectivity index (χ4v) is 7.73. The van der Waals surface area contributed by atoms with Gasteiger partial charge in [-0.05, 0) is 82.4 Å². The van der Waals surface area contributed by atoms with Crippen molar-refractivity contribution in [3.05, 3.63) is 118 Å². The van der Waals surface area contributed by atoms with Gasteiger partial charge in [0, 0.05) is 74.5 Å². The molecule has 5 heterocycles. The molecule has 3 aromatic heterocycles. The molecule has 0 aliphatic carbocycles. The number of aromatic nitrogens is 4. The van der Waals surface area contributed by atoms with E-state index in [0.717, 1.165) is 55.3 Å². The summed E-state index contributed by atoms with van der Waals surface area (Å²) in [5, 5.41) is 7.17. The molecule has 2 aliphatic rings. The zero-order valence-corrected chi connectivity index (χ0v) is 31.5. The molecule has 2 aliphatic heterocycles. The van der Waals surface area contributed by atoms with E-state index in [4.69, 9.17) is 4.98 Å². The van der Waals surface area contributed by atoms with Gasteiger partial charge in [0.2, 0.25) is 11.8 Å². The molecule has 3 aromatic carbocycles. The highest BCUT2D eigenvalue weighted by molar-refractivity contribution is 6.06. The predicted molar refractivity (Wildman–Crippen MR) is 213 cm³/mol. The number of rotatable bonds is 7. The molecule has 2 N–H and O–H groups in total. The number of piperidine rings is 1. The molecule has 6 aromatic rings. The molecule has 8 rings (SSSR count). The summed E-state index contributed by atoms with van der Waals surface area (Å²) in [6.07, 6.45) is 4.36. The zero-order chi connectivity index (χ0) is 39.2. The third kappa shape index (κ3) is 6.41. The van der Waals surface area contributed by atoms with E-state index in [0.29, 0.717) is 30.5 Å². The average Bonchev–Trinajstić information content (AvgIpc) is 3.65. The van der Waals surface area contributed by atoms with Gasteiger partial charge in [0.1, 0.15) is 11.7 Å². The lowest BCUT2D eigenvalue weighted by Gasteiger charge is -2.29. The molecule has 56 heavy (non-hydrogen) atoms. The van der Waals surface area contributed by atoms with Gasteiger partial charge in [-0.25, -0.2) is 4.79 Å². The number of benzene rings is 3. The molecule has 0 bridgehead atoms. The molecule has 1 fully saturated rings. The fourth-order valence-electron chi connectivity index (χ4n) is 7.73. The number of pyridine rings is 2. The minimum atomic E-state index is -0.691. The van der Waals surface area contributed by atoms with Crippen molar-refractivity contribution >= 4 is 45.4 Å². The Hall–Kier alpha value is -6.87. The number of carbonyl (C=O) groups excluding carboxylic acids is 4. The molecule has 280 valence electrons. The van der Waals surface area contributed by atoms with Crippen LogP contribution in [0.15, 0.2) is 83.9 Å². The van der Waals surface area contributed by atoms with Gasteiger partial charge in [-0.3, -0.25) is 43.6 Å². The van der Waals surface area contributed by atoms with Crippen LogP contribution in [-0.2, 0) is 30.2 Å². The van der Waals surface area contributed by atoms with Crippen LogP contribution < -0.4 is 16.3 Å². The summed E-state index contributed by atoms with van der Waals surface area (Å²) in [4.78, 5) is 73.6. The van der Waals surface area contributed by atoms with Crippen LogP contribution in [0.4, 0.5) is 0 Å². The number of hydrogen-bond acceptors (Lipinski definition) is 7. The van der Waals surface area contributed by atoms with Gasteiger partial charge in [0.25, 0.3) is 11.8 Å². The third-order valence-corrected chi connectivity index (χ3v) is 10.7. The minimum absolute atomic E-state index is 0.0550. The summed E-state index contributed by atoms with van der Waals surface area (Å²) >= 11 is 0. The van der Waals surface area contributed by atoms with E-state index in [1.165, 1.54) is 4.90 Å². The maximum absolute atomic E-state index is 13.1. The molecule has 12 heteroatoms. The van der Waals surface area contributed by atoms with Crippen molar-refractivity contribution in [3.63, 3.8) is 0 Å². The lowest BCUT2D eigenvalue weighted by atomic mass is 9.93. The maximum Gasteiger partial charge on any atom is 0.328 e. The van der Waals surface area contributed by atoms with Crippen molar-refractivity contribution in [1.82, 2.24) is 34.6 Å². The Morgan fingerprint density at radius 1 is 0.929 bits per heavy atom. The molecular formula is C44H39N7O5. The number of hydrogen-bond donors (Lipinski definition) is 2. The zero-order valence-electron chi connectivity index (χ0n) is 31.5. The number of nitrogens with one attached hydrogen (secondary N) is 2. The second kappa shape index (κ2) is 14.4. The number of carbonyl (C=O) groups is 4. The van der Waals surface area contributed by atoms with Crippen LogP contribution in [0.5, 0.6) is 0 Å². The number of nitrogens with zero attached hydrogens (tertiary/aromatic N) is 5. The van der Waals surface area contributed by atoms with Crippen LogP contribution in [0.2, 0.25) is 0 Å². The smallest absolute Gasteiger partial charge is 0.328 e. The van der Waals surface area contributed by atoms with E-state index in [-0.39, 0.29) is 48.0 Å². The summed E-state index contributed by atoms with van der Waals surface area (Å²) in [6, 6.07) is 20.5. The summed E-state index contributed by atoms with van der Waals surface area (Å²) in [5.74, 6) is 5.06. The maximum atomic E-state index is 13.1. The second-order valence-corrected chi connectivity index (χ2v) is 14.6. The minimum Gasteiger partial charge on any atom is -0.350 e. The van der Waals surface area contributed by atoms with E-state index in [2.05, 4.69) is 59.5 Å². The largest absolute Gasteiger partial charge is 0.350 e. The van der Waals surface area contributed by atoms with Gasteiger partial charge in [0.05, 0.1) is 16.7 Å². The highest BCUT2D eigenvalue weighted by Gasteiger charge is 2.39. The lowest BCUT2D eigenvalue weighted by Crippen LogP contribution is -2.52. The first kappa shape index (κ1) is 36.1. The van der Waals surface area contributed by atoms with Crippen molar-refractivity contribution in [1.29, 1.82) is 0 Å². The molecule has 0 spiro atoms. The Labute approximate surface area is 322 Å². The van der Waals surface area contributed by atoms with Crippen LogP contribution >= 0.6 is 0 Å². The highest BCUT2D eigenvalue weighted by Crippen LogP contribution is 2.36. The van der Waals surface area contributed by atoms with Gasteiger partial charge in [-0.1, -0.05) is 50.0 Å². The lowest BCUT2D eigenvalue weighted by molar-refractivity contribution is -0.136. The Morgan fingerprint density at radius 2 is 1.73 bits per heavy atom. The van der Waals surface area contributed by atoms with E-state index in [1.807, 2.05) is 43.6 Å². The summed E-state index contributed by atoms with van der Waals surface area (Å²) in [5.41, 5.74) is 8.64. The van der Waals surface area contributed by atoms with Crippen LogP contribution in [0.25, 0.3) is 44.2 Å². The third-order valence-electron chi connectivity index (χ3n) is 10.7. The Kier molecular flexibility index (Phi) is 9.30. The summed E-state index contributed by atoms with van der Waals surface area (Å²) in [7, 11) is 3.62. The Morgan fingerprint density at radius 3 is 2.50 bits per heavy atom. The topological polar surface area (TPSA) is 148 Å². The molecule has 0 saturated carbocycles.